The number of nitrogens with two attached hydrogens (primary N) is 1. The van der Waals surface area contributed by atoms with E-state index in [4.69, 9.17) is 5.73 Å². The molecule has 1 aliphatic rings. The van der Waals surface area contributed by atoms with Gasteiger partial charge in [0.25, 0.3) is 0 Å². The highest BCUT2D eigenvalue weighted by Crippen LogP contribution is 2.27. The van der Waals surface area contributed by atoms with Gasteiger partial charge in [-0.2, -0.15) is 0 Å². The third kappa shape index (κ3) is 3.47. The molecule has 19 heavy (non-hydrogen) atoms. The minimum Gasteiger partial charge on any atom is -0.356 e. The largest absolute Gasteiger partial charge is 0.356 e. The molecule has 3 nitrogen and oxygen atoms in total. The number of aryl methyl sites for hydroxylation is 1. The first kappa shape index (κ1) is 14.3. The average molecular weight is 261 g/mol. The topological polar surface area (TPSA) is 42.1 Å². The lowest BCUT2D eigenvalue weighted by atomic mass is 9.88. The van der Waals surface area contributed by atoms with Crippen molar-refractivity contribution in [2.45, 2.75) is 46.6 Å². The third-order valence-electron chi connectivity index (χ3n) is 4.30. The Hall–Kier alpha value is -1.09. The summed E-state index contributed by atoms with van der Waals surface area (Å²) in [6.45, 7) is 11.2. The van der Waals surface area contributed by atoms with E-state index >= 15 is 0 Å². The van der Waals surface area contributed by atoms with E-state index in [0.29, 0.717) is 0 Å². The van der Waals surface area contributed by atoms with Crippen LogP contribution < -0.4 is 10.6 Å². The van der Waals surface area contributed by atoms with E-state index < -0.39 is 0 Å². The molecule has 3 unspecified atom stereocenters. The van der Waals surface area contributed by atoms with Crippen molar-refractivity contribution in [3.05, 3.63) is 23.4 Å². The average Bonchev–Trinajstić information content (AvgIpc) is 2.32. The Bertz CT molecular complexity index is 428. The molecule has 1 aromatic heterocycles. The second-order valence-electron chi connectivity index (χ2n) is 6.35. The number of rotatable bonds is 3. The summed E-state index contributed by atoms with van der Waals surface area (Å²) in [5.41, 5.74) is 8.37. The van der Waals surface area contributed by atoms with Gasteiger partial charge >= 0.3 is 0 Å². The summed E-state index contributed by atoms with van der Waals surface area (Å²) in [5, 5.41) is 0. The highest BCUT2D eigenvalue weighted by Gasteiger charge is 2.24. The number of nitrogens with zero attached hydrogens (tertiary/aromatic N) is 2. The number of pyridine rings is 1. The lowest BCUT2D eigenvalue weighted by molar-refractivity contribution is 0.322. The van der Waals surface area contributed by atoms with Crippen molar-refractivity contribution in [2.75, 3.05) is 18.0 Å². The molecule has 106 valence electrons. The van der Waals surface area contributed by atoms with Crippen molar-refractivity contribution in [1.29, 1.82) is 0 Å². The van der Waals surface area contributed by atoms with Gasteiger partial charge in [-0.3, -0.25) is 0 Å². The van der Waals surface area contributed by atoms with E-state index in [2.05, 4.69) is 36.7 Å². The molecule has 3 heteroatoms. The second-order valence-corrected chi connectivity index (χ2v) is 6.35. The molecule has 0 bridgehead atoms. The lowest BCUT2D eigenvalue weighted by Gasteiger charge is -2.36. The maximum atomic E-state index is 5.85. The van der Waals surface area contributed by atoms with E-state index in [1.807, 2.05) is 13.1 Å². The molecule has 1 aromatic rings. The molecule has 0 aliphatic carbocycles. The zero-order chi connectivity index (χ0) is 14.0. The smallest absolute Gasteiger partial charge is 0.131 e. The van der Waals surface area contributed by atoms with Crippen LogP contribution in [0.3, 0.4) is 0 Å². The van der Waals surface area contributed by atoms with E-state index in [1.165, 1.54) is 17.5 Å². The van der Waals surface area contributed by atoms with Gasteiger partial charge in [0, 0.05) is 25.3 Å². The van der Waals surface area contributed by atoms with Gasteiger partial charge in [0.05, 0.1) is 0 Å². The number of hydrogen-bond acceptors (Lipinski definition) is 3. The molecular formula is C16H27N3. The normalized spacial score (nSPS) is 25.4. The summed E-state index contributed by atoms with van der Waals surface area (Å²) in [6.07, 6.45) is 4.17. The van der Waals surface area contributed by atoms with Crippen molar-refractivity contribution in [3.8, 4) is 0 Å². The predicted octanol–water partition coefficient (Wildman–Crippen LogP) is 2.76. The Morgan fingerprint density at radius 2 is 2.16 bits per heavy atom. The van der Waals surface area contributed by atoms with E-state index in [-0.39, 0.29) is 6.04 Å². The first-order valence-electron chi connectivity index (χ1n) is 7.43. The Kier molecular flexibility index (Phi) is 4.46. The van der Waals surface area contributed by atoms with Crippen molar-refractivity contribution in [1.82, 2.24) is 4.98 Å². The summed E-state index contributed by atoms with van der Waals surface area (Å²) in [6, 6.07) is 2.44. The fraction of sp³-hybridized carbons (Fsp3) is 0.688. The highest BCUT2D eigenvalue weighted by atomic mass is 15.2. The standard InChI is InChI=1S/C16H27N3/c1-11-5-6-19(10-13(11)3)16-12(2)7-15(9-18-16)8-14(4)17/h7,9,11,13-14H,5-6,8,10,17H2,1-4H3. The molecule has 0 amide bonds. The zero-order valence-electron chi connectivity index (χ0n) is 12.7. The molecule has 2 rings (SSSR count). The Balaban J connectivity index is 2.12. The van der Waals surface area contributed by atoms with Crippen molar-refractivity contribution in [2.24, 2.45) is 17.6 Å². The summed E-state index contributed by atoms with van der Waals surface area (Å²) in [7, 11) is 0. The fourth-order valence-corrected chi connectivity index (χ4v) is 2.90. The van der Waals surface area contributed by atoms with Gasteiger partial charge in [0.1, 0.15) is 5.82 Å². The van der Waals surface area contributed by atoms with E-state index in [1.54, 1.807) is 0 Å². The number of anilines is 1. The first-order chi connectivity index (χ1) is 8.97. The van der Waals surface area contributed by atoms with Crippen molar-refractivity contribution < 1.29 is 0 Å². The first-order valence-corrected chi connectivity index (χ1v) is 7.43. The van der Waals surface area contributed by atoms with Crippen molar-refractivity contribution in [3.63, 3.8) is 0 Å². The van der Waals surface area contributed by atoms with Gasteiger partial charge in [0.15, 0.2) is 0 Å². The molecule has 2 heterocycles. The van der Waals surface area contributed by atoms with Gasteiger partial charge in [-0.15, -0.1) is 0 Å². The van der Waals surface area contributed by atoms with Crippen molar-refractivity contribution >= 4 is 5.82 Å². The van der Waals surface area contributed by atoms with Crippen LogP contribution in [-0.2, 0) is 6.42 Å². The summed E-state index contributed by atoms with van der Waals surface area (Å²) < 4.78 is 0. The molecular weight excluding hydrogens is 234 g/mol. The Morgan fingerprint density at radius 3 is 2.74 bits per heavy atom. The van der Waals surface area contributed by atoms with Gasteiger partial charge in [0.2, 0.25) is 0 Å². The molecule has 2 N–H and O–H groups in total. The van der Waals surface area contributed by atoms with Crippen LogP contribution in [0.25, 0.3) is 0 Å². The SMILES string of the molecule is Cc1cc(CC(C)N)cnc1N1CCC(C)C(C)C1. The van der Waals surface area contributed by atoms with Crippen LogP contribution in [0.4, 0.5) is 5.82 Å². The fourth-order valence-electron chi connectivity index (χ4n) is 2.90. The monoisotopic (exact) mass is 261 g/mol. The minimum atomic E-state index is 0.197. The molecule has 1 fully saturated rings. The van der Waals surface area contributed by atoms with E-state index in [0.717, 1.165) is 37.2 Å². The molecule has 3 atom stereocenters. The summed E-state index contributed by atoms with van der Waals surface area (Å²) >= 11 is 0. The quantitative estimate of drug-likeness (QED) is 0.909. The number of piperidine rings is 1. The Labute approximate surface area is 117 Å². The van der Waals surface area contributed by atoms with Crippen LogP contribution in [0.1, 0.15) is 38.3 Å². The Morgan fingerprint density at radius 1 is 1.42 bits per heavy atom. The molecule has 0 saturated carbocycles. The highest BCUT2D eigenvalue weighted by molar-refractivity contribution is 5.48. The van der Waals surface area contributed by atoms with Gasteiger partial charge in [-0.05, 0) is 49.7 Å². The lowest BCUT2D eigenvalue weighted by Crippen LogP contribution is -2.39. The molecule has 1 saturated heterocycles. The zero-order valence-corrected chi connectivity index (χ0v) is 12.7. The van der Waals surface area contributed by atoms with Gasteiger partial charge in [-0.1, -0.05) is 19.9 Å². The van der Waals surface area contributed by atoms with Crippen LogP contribution >= 0.6 is 0 Å². The van der Waals surface area contributed by atoms with E-state index in [9.17, 15) is 0 Å². The summed E-state index contributed by atoms with van der Waals surface area (Å²) in [4.78, 5) is 7.12. The maximum Gasteiger partial charge on any atom is 0.131 e. The van der Waals surface area contributed by atoms with Crippen LogP contribution in [0, 0.1) is 18.8 Å². The van der Waals surface area contributed by atoms with Crippen LogP contribution in [0.5, 0.6) is 0 Å². The maximum absolute atomic E-state index is 5.85. The molecule has 0 aromatic carbocycles. The van der Waals surface area contributed by atoms with Gasteiger partial charge < -0.3 is 10.6 Å². The minimum absolute atomic E-state index is 0.197. The number of hydrogen-bond donors (Lipinski definition) is 1. The van der Waals surface area contributed by atoms with Crippen LogP contribution in [0.2, 0.25) is 0 Å². The second kappa shape index (κ2) is 5.91. The number of aromatic nitrogens is 1. The van der Waals surface area contributed by atoms with Crippen LogP contribution in [-0.4, -0.2) is 24.1 Å². The predicted molar refractivity (Wildman–Crippen MR) is 81.5 cm³/mol. The summed E-state index contributed by atoms with van der Waals surface area (Å²) in [5.74, 6) is 2.74. The molecule has 1 aliphatic heterocycles. The third-order valence-corrected chi connectivity index (χ3v) is 4.30. The van der Waals surface area contributed by atoms with Crippen LogP contribution in [0.15, 0.2) is 12.3 Å². The molecule has 0 spiro atoms. The molecule has 0 radical (unpaired) electrons. The van der Waals surface area contributed by atoms with Gasteiger partial charge in [-0.25, -0.2) is 4.98 Å².